The second-order valence-corrected chi connectivity index (χ2v) is 5.03. The maximum absolute atomic E-state index is 11.4. The van der Waals surface area contributed by atoms with Gasteiger partial charge >= 0.3 is 0 Å². The van der Waals surface area contributed by atoms with Gasteiger partial charge in [-0.3, -0.25) is 14.9 Å². The van der Waals surface area contributed by atoms with Crippen molar-refractivity contribution in [1.29, 1.82) is 0 Å². The van der Waals surface area contributed by atoms with E-state index >= 15 is 0 Å². The minimum absolute atomic E-state index is 0.0728. The van der Waals surface area contributed by atoms with Gasteiger partial charge in [0.2, 0.25) is 5.91 Å². The molecule has 0 fully saturated rings. The van der Waals surface area contributed by atoms with Crippen LogP contribution in [-0.2, 0) is 11.3 Å². The Morgan fingerprint density at radius 1 is 1.59 bits per heavy atom. The van der Waals surface area contributed by atoms with Gasteiger partial charge in [0.15, 0.2) is 0 Å². The molecule has 92 valence electrons. The molecule has 0 aliphatic rings. The van der Waals surface area contributed by atoms with E-state index in [1.54, 1.807) is 26.0 Å². The highest BCUT2D eigenvalue weighted by atomic mass is 79.9. The second-order valence-electron chi connectivity index (χ2n) is 3.65. The number of rotatable bonds is 4. The molecule has 6 heteroatoms. The zero-order valence-corrected chi connectivity index (χ0v) is 11.2. The van der Waals surface area contributed by atoms with Crippen LogP contribution >= 0.6 is 15.9 Å². The third-order valence-electron chi connectivity index (χ3n) is 2.43. The van der Waals surface area contributed by atoms with Crippen molar-refractivity contribution in [3.63, 3.8) is 0 Å². The van der Waals surface area contributed by atoms with Crippen LogP contribution in [-0.4, -0.2) is 15.7 Å². The Labute approximate surface area is 107 Å². The summed E-state index contributed by atoms with van der Waals surface area (Å²) >= 11 is 3.15. The van der Waals surface area contributed by atoms with E-state index in [0.29, 0.717) is 12.1 Å². The molecule has 1 aromatic rings. The van der Waals surface area contributed by atoms with Crippen LogP contribution in [0.5, 0.6) is 0 Å². The van der Waals surface area contributed by atoms with E-state index in [2.05, 4.69) is 21.2 Å². The molecule has 0 heterocycles. The van der Waals surface area contributed by atoms with E-state index in [4.69, 9.17) is 0 Å². The first kappa shape index (κ1) is 13.6. The molecule has 1 aromatic carbocycles. The summed E-state index contributed by atoms with van der Waals surface area (Å²) in [6.45, 7) is 3.69. The van der Waals surface area contributed by atoms with Crippen LogP contribution in [0.2, 0.25) is 0 Å². The molecule has 0 radical (unpaired) electrons. The van der Waals surface area contributed by atoms with Gasteiger partial charge in [-0.1, -0.05) is 28.1 Å². The fourth-order valence-electron chi connectivity index (χ4n) is 1.38. The predicted octanol–water partition coefficient (Wildman–Crippen LogP) is 2.30. The lowest BCUT2D eigenvalue weighted by Gasteiger charge is -2.09. The molecular formula is C11H13BrN2O3. The van der Waals surface area contributed by atoms with Crippen LogP contribution in [0.4, 0.5) is 5.69 Å². The number of carbonyl (C=O) groups excluding carboxylic acids is 1. The van der Waals surface area contributed by atoms with Crippen LogP contribution in [0.1, 0.15) is 18.1 Å². The number of benzene rings is 1. The smallest absolute Gasteiger partial charge is 0.272 e. The molecular weight excluding hydrogens is 288 g/mol. The topological polar surface area (TPSA) is 72.2 Å². The van der Waals surface area contributed by atoms with Crippen molar-refractivity contribution in [1.82, 2.24) is 5.32 Å². The van der Waals surface area contributed by atoms with Crippen molar-refractivity contribution in [3.8, 4) is 0 Å². The number of alkyl halides is 1. The molecule has 5 nitrogen and oxygen atoms in total. The number of hydrogen-bond donors (Lipinski definition) is 1. The second kappa shape index (κ2) is 5.77. The summed E-state index contributed by atoms with van der Waals surface area (Å²) in [5, 5.41) is 13.4. The Kier molecular flexibility index (Phi) is 4.62. The molecule has 0 bridgehead atoms. The molecule has 1 amide bonds. The number of nitrogens with zero attached hydrogens (tertiary/aromatic N) is 1. The zero-order valence-electron chi connectivity index (χ0n) is 9.57. The lowest BCUT2D eigenvalue weighted by molar-refractivity contribution is -0.385. The number of carbonyl (C=O) groups is 1. The number of halogens is 1. The maximum Gasteiger partial charge on any atom is 0.272 e. The summed E-state index contributed by atoms with van der Waals surface area (Å²) < 4.78 is 0. The van der Waals surface area contributed by atoms with Crippen LogP contribution in [0.25, 0.3) is 0 Å². The van der Waals surface area contributed by atoms with E-state index in [1.165, 1.54) is 6.07 Å². The lowest BCUT2D eigenvalue weighted by atomic mass is 10.1. The Morgan fingerprint density at radius 2 is 2.24 bits per heavy atom. The number of hydrogen-bond acceptors (Lipinski definition) is 3. The van der Waals surface area contributed by atoms with Gasteiger partial charge in [0.1, 0.15) is 0 Å². The van der Waals surface area contributed by atoms with Gasteiger partial charge in [0, 0.05) is 18.2 Å². The molecule has 17 heavy (non-hydrogen) atoms. The summed E-state index contributed by atoms with van der Waals surface area (Å²) in [7, 11) is 0. The fraction of sp³-hybridized carbons (Fsp3) is 0.364. The monoisotopic (exact) mass is 300 g/mol. The third kappa shape index (κ3) is 3.52. The summed E-state index contributed by atoms with van der Waals surface area (Å²) in [6.07, 6.45) is 0. The molecule has 0 saturated heterocycles. The Hall–Kier alpha value is -1.43. The molecule has 0 saturated carbocycles. The Bertz CT molecular complexity index is 446. The molecule has 0 aliphatic carbocycles. The summed E-state index contributed by atoms with van der Waals surface area (Å²) in [6, 6.07) is 4.83. The van der Waals surface area contributed by atoms with Gasteiger partial charge in [0.05, 0.1) is 9.75 Å². The van der Waals surface area contributed by atoms with Crippen molar-refractivity contribution in [2.24, 2.45) is 0 Å². The SMILES string of the molecule is Cc1c(CNC(=O)C(C)Br)cccc1[N+](=O)[O-]. The van der Waals surface area contributed by atoms with Gasteiger partial charge in [0.25, 0.3) is 5.69 Å². The highest BCUT2D eigenvalue weighted by molar-refractivity contribution is 9.10. The normalized spacial score (nSPS) is 11.9. The van der Waals surface area contributed by atoms with Gasteiger partial charge in [-0.15, -0.1) is 0 Å². The van der Waals surface area contributed by atoms with Crippen molar-refractivity contribution >= 4 is 27.5 Å². The van der Waals surface area contributed by atoms with Gasteiger partial charge in [-0.25, -0.2) is 0 Å². The molecule has 1 N–H and O–H groups in total. The van der Waals surface area contributed by atoms with Crippen LogP contribution in [0, 0.1) is 17.0 Å². The summed E-state index contributed by atoms with van der Waals surface area (Å²) in [5.74, 6) is -0.143. The highest BCUT2D eigenvalue weighted by Gasteiger charge is 2.14. The molecule has 0 aliphatic heterocycles. The molecule has 1 rings (SSSR count). The Balaban J connectivity index is 2.82. The van der Waals surface area contributed by atoms with Gasteiger partial charge in [-0.05, 0) is 19.4 Å². The first-order valence-corrected chi connectivity index (χ1v) is 5.99. The number of nitro groups is 1. The highest BCUT2D eigenvalue weighted by Crippen LogP contribution is 2.20. The zero-order chi connectivity index (χ0) is 13.0. The van der Waals surface area contributed by atoms with E-state index in [0.717, 1.165) is 5.56 Å². The molecule has 1 unspecified atom stereocenters. The van der Waals surface area contributed by atoms with Crippen LogP contribution < -0.4 is 5.32 Å². The fourth-order valence-corrected chi connectivity index (χ4v) is 1.54. The van der Waals surface area contributed by atoms with E-state index in [-0.39, 0.29) is 16.4 Å². The Morgan fingerprint density at radius 3 is 2.76 bits per heavy atom. The van der Waals surface area contributed by atoms with E-state index in [1.807, 2.05) is 0 Å². The van der Waals surface area contributed by atoms with E-state index in [9.17, 15) is 14.9 Å². The maximum atomic E-state index is 11.4. The van der Waals surface area contributed by atoms with Gasteiger partial charge in [-0.2, -0.15) is 0 Å². The van der Waals surface area contributed by atoms with Crippen LogP contribution in [0.3, 0.4) is 0 Å². The molecule has 1 atom stereocenters. The first-order chi connectivity index (χ1) is 7.93. The average Bonchev–Trinajstić information content (AvgIpc) is 2.26. The van der Waals surface area contributed by atoms with Crippen molar-refractivity contribution < 1.29 is 9.72 Å². The van der Waals surface area contributed by atoms with E-state index < -0.39 is 4.92 Å². The minimum atomic E-state index is -0.423. The quantitative estimate of drug-likeness (QED) is 0.527. The summed E-state index contributed by atoms with van der Waals surface area (Å²) in [4.78, 5) is 21.4. The van der Waals surface area contributed by atoms with Crippen molar-refractivity contribution in [2.45, 2.75) is 25.2 Å². The average molecular weight is 301 g/mol. The van der Waals surface area contributed by atoms with Crippen LogP contribution in [0.15, 0.2) is 18.2 Å². The lowest BCUT2D eigenvalue weighted by Crippen LogP contribution is -2.29. The first-order valence-electron chi connectivity index (χ1n) is 5.08. The third-order valence-corrected chi connectivity index (χ3v) is 2.84. The number of nitro benzene ring substituents is 1. The van der Waals surface area contributed by atoms with Gasteiger partial charge < -0.3 is 5.32 Å². The molecule has 0 aromatic heterocycles. The minimum Gasteiger partial charge on any atom is -0.351 e. The summed E-state index contributed by atoms with van der Waals surface area (Å²) in [5.41, 5.74) is 1.41. The number of amides is 1. The van der Waals surface area contributed by atoms with Crippen molar-refractivity contribution in [3.05, 3.63) is 39.4 Å². The van der Waals surface area contributed by atoms with Crippen molar-refractivity contribution in [2.75, 3.05) is 0 Å². The largest absolute Gasteiger partial charge is 0.351 e. The number of nitrogens with one attached hydrogen (secondary N) is 1. The predicted molar refractivity (Wildman–Crippen MR) is 68.1 cm³/mol. The molecule has 0 spiro atoms. The standard InChI is InChI=1S/C11H13BrN2O3/c1-7-9(6-13-11(15)8(2)12)4-3-5-10(7)14(16)17/h3-5,8H,6H2,1-2H3,(H,13,15).